The number of nitrogens with zero attached hydrogens (tertiary/aromatic N) is 3. The maximum Gasteiger partial charge on any atom is 1.00 e. The molecule has 0 spiro atoms. The number of nitrogens with one attached hydrogen (secondary N) is 2. The van der Waals surface area contributed by atoms with Gasteiger partial charge in [0.2, 0.25) is 5.91 Å². The average Bonchev–Trinajstić information content (AvgIpc) is 3.14. The largest absolute Gasteiger partial charge is 1.00 e. The molecule has 2 atom stereocenters. The number of amides is 3. The Labute approximate surface area is 212 Å². The fourth-order valence-electron chi connectivity index (χ4n) is 2.41. The molecule has 1 fully saturated rings. The summed E-state index contributed by atoms with van der Waals surface area (Å²) in [5.41, 5.74) is -0.522. The van der Waals surface area contributed by atoms with Crippen LogP contribution in [0.4, 0.5) is 5.13 Å². The molecule has 2 rings (SSSR count). The molecule has 2 heterocycles. The quantitative estimate of drug-likeness (QED) is 0.0609. The summed E-state index contributed by atoms with van der Waals surface area (Å²) in [5.74, 6) is -4.47. The maximum atomic E-state index is 12.6. The van der Waals surface area contributed by atoms with Gasteiger partial charge in [-0.15, -0.1) is 22.9 Å². The van der Waals surface area contributed by atoms with Crippen LogP contribution in [0, 0.1) is 0 Å². The first-order valence-corrected chi connectivity index (χ1v) is 11.0. The Hall–Kier alpha value is -1.82. The van der Waals surface area contributed by atoms with Crippen molar-refractivity contribution in [3.8, 4) is 0 Å². The number of carbonyl (C=O) groups excluding carboxylic acids is 4. The van der Waals surface area contributed by atoms with Crippen LogP contribution in [-0.2, 0) is 39.1 Å². The summed E-state index contributed by atoms with van der Waals surface area (Å²) in [6.07, 6.45) is 0. The van der Waals surface area contributed by atoms with E-state index in [0.717, 1.165) is 18.4 Å². The van der Waals surface area contributed by atoms with Gasteiger partial charge in [0.05, 0.1) is 6.61 Å². The number of hydrogen-bond donors (Lipinski definition) is 2. The van der Waals surface area contributed by atoms with Crippen molar-refractivity contribution < 1.29 is 71.3 Å². The molecule has 0 aliphatic carbocycles. The molecule has 170 valence electrons. The molecule has 32 heavy (non-hydrogen) atoms. The number of hydrogen-bond acceptors (Lipinski definition) is 12. The second-order valence-electron chi connectivity index (χ2n) is 5.58. The van der Waals surface area contributed by atoms with E-state index in [-0.39, 0.29) is 57.2 Å². The third kappa shape index (κ3) is 6.37. The molecule has 14 nitrogen and oxygen atoms in total. The first-order chi connectivity index (χ1) is 14.5. The molecule has 1 aliphatic heterocycles. The van der Waals surface area contributed by atoms with Crippen LogP contribution in [0.3, 0.4) is 0 Å². The van der Waals surface area contributed by atoms with Gasteiger partial charge in [-0.2, -0.15) is 0 Å². The van der Waals surface area contributed by atoms with Crippen LogP contribution in [0.1, 0.15) is 12.6 Å². The van der Waals surface area contributed by atoms with Crippen LogP contribution in [-0.4, -0.2) is 83.3 Å². The van der Waals surface area contributed by atoms with E-state index < -0.39 is 51.8 Å². The van der Waals surface area contributed by atoms with Gasteiger partial charge in [-0.3, -0.25) is 14.4 Å². The normalized spacial score (nSPS) is 18.2. The van der Waals surface area contributed by atoms with E-state index in [0.29, 0.717) is 0 Å². The Balaban J connectivity index is 0.00000512. The van der Waals surface area contributed by atoms with Gasteiger partial charge in [0.25, 0.3) is 11.8 Å². The van der Waals surface area contributed by atoms with E-state index in [4.69, 9.17) is 11.6 Å². The fourth-order valence-corrected chi connectivity index (χ4v) is 4.01. The summed E-state index contributed by atoms with van der Waals surface area (Å²) in [7, 11) is -4.20. The monoisotopic (exact) mass is 519 g/mol. The van der Waals surface area contributed by atoms with Gasteiger partial charge in [0.15, 0.2) is 27.2 Å². The number of anilines is 1. The van der Waals surface area contributed by atoms with Gasteiger partial charge >= 0.3 is 35.5 Å². The van der Waals surface area contributed by atoms with Crippen LogP contribution < -0.4 is 40.2 Å². The molecule has 0 bridgehead atoms. The molecule has 2 N–H and O–H groups in total. The van der Waals surface area contributed by atoms with Gasteiger partial charge in [-0.1, -0.05) is 5.16 Å². The number of alkyl halides is 1. The third-order valence-electron chi connectivity index (χ3n) is 3.62. The first kappa shape index (κ1) is 28.2. The molecule has 18 heteroatoms. The standard InChI is InChI=1S/C14H16ClN5O9S2.Na/c1-3-29-13(24)10-9(12(23)20(10)31(25,26)27)18-11(22)8(19-28-2)6-5-30-14(16-6)17-7(21)4-15;/h5,9-10H,3-4H2,1-2H3,(H,18,22)(H,16,17,21)(H,25,26,27);/q;+1/p-1/b19-8-;/t9-,10-;/m1./s1. The summed E-state index contributed by atoms with van der Waals surface area (Å²) >= 11 is 6.32. The van der Waals surface area contributed by atoms with E-state index in [1.165, 1.54) is 12.3 Å². The second-order valence-corrected chi connectivity index (χ2v) is 7.96. The summed E-state index contributed by atoms with van der Waals surface area (Å²) < 4.78 is 38.3. The van der Waals surface area contributed by atoms with E-state index in [1.54, 1.807) is 0 Å². The zero-order chi connectivity index (χ0) is 23.3. The molecule has 0 unspecified atom stereocenters. The predicted octanol–water partition coefficient (Wildman–Crippen LogP) is -4.61. The number of thiazole rings is 1. The van der Waals surface area contributed by atoms with Crippen molar-refractivity contribution in [2.45, 2.75) is 19.0 Å². The zero-order valence-corrected chi connectivity index (χ0v) is 21.2. The average molecular weight is 520 g/mol. The molecule has 1 saturated heterocycles. The van der Waals surface area contributed by atoms with Gasteiger partial charge < -0.3 is 24.8 Å². The van der Waals surface area contributed by atoms with Crippen molar-refractivity contribution in [3.05, 3.63) is 11.1 Å². The number of β-lactam (4-membered cyclic amide) rings is 1. The van der Waals surface area contributed by atoms with Gasteiger partial charge in [0, 0.05) is 5.38 Å². The van der Waals surface area contributed by atoms with Crippen LogP contribution in [0.15, 0.2) is 10.5 Å². The molecular formula is C14H15ClN5NaO9S2. The second kappa shape index (κ2) is 11.9. The van der Waals surface area contributed by atoms with Crippen molar-refractivity contribution in [3.63, 3.8) is 0 Å². The van der Waals surface area contributed by atoms with Crippen LogP contribution >= 0.6 is 22.9 Å². The van der Waals surface area contributed by atoms with Crippen molar-refractivity contribution in [1.82, 2.24) is 14.6 Å². The molecule has 0 radical (unpaired) electrons. The number of halogens is 1. The summed E-state index contributed by atoms with van der Waals surface area (Å²) in [6, 6.07) is -3.58. The van der Waals surface area contributed by atoms with E-state index in [9.17, 15) is 32.1 Å². The maximum absolute atomic E-state index is 12.6. The fraction of sp³-hybridized carbons (Fsp3) is 0.429. The Morgan fingerprint density at radius 2 is 2.06 bits per heavy atom. The number of esters is 1. The molecular weight excluding hydrogens is 505 g/mol. The van der Waals surface area contributed by atoms with Crippen molar-refractivity contribution in [2.24, 2.45) is 5.16 Å². The topological polar surface area (TPSA) is 196 Å². The van der Waals surface area contributed by atoms with E-state index >= 15 is 0 Å². The Morgan fingerprint density at radius 3 is 2.59 bits per heavy atom. The molecule has 1 aromatic heterocycles. The molecule has 1 aliphatic rings. The molecule has 1 aromatic rings. The van der Waals surface area contributed by atoms with Gasteiger partial charge in [-0.25, -0.2) is 22.5 Å². The van der Waals surface area contributed by atoms with Gasteiger partial charge in [-0.05, 0) is 6.92 Å². The van der Waals surface area contributed by atoms with Crippen LogP contribution in [0.2, 0.25) is 0 Å². The number of ether oxygens (including phenoxy) is 1. The minimum absolute atomic E-state index is 0. The smallest absolute Gasteiger partial charge is 0.731 e. The van der Waals surface area contributed by atoms with Crippen molar-refractivity contribution >= 4 is 67.8 Å². The van der Waals surface area contributed by atoms with E-state index in [2.05, 4.69) is 30.3 Å². The number of oxime groups is 1. The third-order valence-corrected chi connectivity index (χ3v) is 5.51. The Bertz CT molecular complexity index is 1030. The van der Waals surface area contributed by atoms with Crippen LogP contribution in [0.25, 0.3) is 0 Å². The molecule has 3 amide bonds. The van der Waals surface area contributed by atoms with Gasteiger partial charge in [0.1, 0.15) is 24.7 Å². The Kier molecular flexibility index (Phi) is 10.5. The summed E-state index contributed by atoms with van der Waals surface area (Å²) in [6.45, 7) is 1.26. The zero-order valence-electron chi connectivity index (χ0n) is 16.9. The first-order valence-electron chi connectivity index (χ1n) is 8.24. The van der Waals surface area contributed by atoms with E-state index in [1.807, 2.05) is 0 Å². The van der Waals surface area contributed by atoms with Crippen molar-refractivity contribution in [1.29, 1.82) is 0 Å². The van der Waals surface area contributed by atoms with Crippen LogP contribution in [0.5, 0.6) is 0 Å². The summed E-state index contributed by atoms with van der Waals surface area (Å²) in [4.78, 5) is 56.7. The predicted molar refractivity (Wildman–Crippen MR) is 104 cm³/mol. The minimum Gasteiger partial charge on any atom is -0.731 e. The molecule has 0 saturated carbocycles. The number of rotatable bonds is 9. The number of aromatic nitrogens is 1. The Morgan fingerprint density at radius 1 is 1.41 bits per heavy atom. The summed E-state index contributed by atoms with van der Waals surface area (Å²) in [5, 5.41) is 9.40. The van der Waals surface area contributed by atoms with Crippen molar-refractivity contribution in [2.75, 3.05) is 24.9 Å². The molecule has 0 aromatic carbocycles. The SMILES string of the molecule is CCOC(=O)[C@H]1[C@@H](NC(=O)/C(=N\OC)c2csc(NC(=O)CCl)n2)C(=O)N1S(=O)(=O)[O-].[Na+]. The number of carbonyl (C=O) groups is 4. The minimum atomic E-state index is -5.32.